The first kappa shape index (κ1) is 15.3. The van der Waals surface area contributed by atoms with E-state index in [0.717, 1.165) is 32.2 Å². The number of hydrogen-bond donors (Lipinski definition) is 1. The van der Waals surface area contributed by atoms with Gasteiger partial charge in [0.2, 0.25) is 0 Å². The molecular weight excluding hydrogens is 228 g/mol. The maximum atomic E-state index is 12.2. The second kappa shape index (κ2) is 6.98. The second-order valence-electron chi connectivity index (χ2n) is 6.11. The first-order chi connectivity index (χ1) is 8.44. The van der Waals surface area contributed by atoms with Gasteiger partial charge in [0, 0.05) is 12.6 Å². The van der Waals surface area contributed by atoms with E-state index in [1.54, 1.807) is 0 Å². The fraction of sp³-hybridized carbons (Fsp3) is 0.929. The van der Waals surface area contributed by atoms with Crippen molar-refractivity contribution in [3.8, 4) is 0 Å². The van der Waals surface area contributed by atoms with Crippen molar-refractivity contribution in [2.24, 2.45) is 5.73 Å². The number of amides is 1. The summed E-state index contributed by atoms with van der Waals surface area (Å²) in [6.07, 6.45) is 6.39. The minimum Gasteiger partial charge on any atom is -0.444 e. The van der Waals surface area contributed by atoms with Crippen LogP contribution in [0.3, 0.4) is 0 Å². The van der Waals surface area contributed by atoms with Crippen LogP contribution in [0.15, 0.2) is 0 Å². The molecule has 1 rings (SSSR count). The smallest absolute Gasteiger partial charge is 0.410 e. The topological polar surface area (TPSA) is 55.6 Å². The van der Waals surface area contributed by atoms with Gasteiger partial charge in [-0.25, -0.2) is 4.79 Å². The number of carbonyl (C=O) groups excluding carboxylic acids is 1. The van der Waals surface area contributed by atoms with Gasteiger partial charge in [-0.2, -0.15) is 0 Å². The Balaban J connectivity index is 2.63. The third-order valence-electron chi connectivity index (χ3n) is 3.25. The van der Waals surface area contributed by atoms with Gasteiger partial charge in [-0.05, 0) is 53.0 Å². The summed E-state index contributed by atoms with van der Waals surface area (Å²) in [4.78, 5) is 14.1. The summed E-state index contributed by atoms with van der Waals surface area (Å²) in [7, 11) is 0. The minimum atomic E-state index is -0.415. The number of likely N-dealkylation sites (tertiary alicyclic amines) is 1. The van der Waals surface area contributed by atoms with Crippen LogP contribution in [0.25, 0.3) is 0 Å². The average Bonchev–Trinajstić information content (AvgIpc) is 2.48. The maximum Gasteiger partial charge on any atom is 0.410 e. The highest BCUT2D eigenvalue weighted by Crippen LogP contribution is 2.22. The van der Waals surface area contributed by atoms with E-state index in [-0.39, 0.29) is 6.09 Å². The highest BCUT2D eigenvalue weighted by Gasteiger charge is 2.28. The monoisotopic (exact) mass is 256 g/mol. The maximum absolute atomic E-state index is 12.2. The van der Waals surface area contributed by atoms with Crippen molar-refractivity contribution in [3.05, 3.63) is 0 Å². The average molecular weight is 256 g/mol. The summed E-state index contributed by atoms with van der Waals surface area (Å²) in [6.45, 7) is 7.26. The van der Waals surface area contributed by atoms with Crippen molar-refractivity contribution in [1.82, 2.24) is 4.90 Å². The van der Waals surface area contributed by atoms with Gasteiger partial charge in [0.15, 0.2) is 0 Å². The molecule has 1 saturated heterocycles. The van der Waals surface area contributed by atoms with Crippen molar-refractivity contribution in [2.45, 2.75) is 70.9 Å². The summed E-state index contributed by atoms with van der Waals surface area (Å²) in [5.74, 6) is 0. The van der Waals surface area contributed by atoms with Crippen LogP contribution in [0, 0.1) is 0 Å². The normalized spacial score (nSPS) is 21.6. The Hall–Kier alpha value is -0.770. The predicted molar refractivity (Wildman–Crippen MR) is 73.5 cm³/mol. The zero-order valence-electron chi connectivity index (χ0n) is 12.1. The Morgan fingerprint density at radius 1 is 1.33 bits per heavy atom. The van der Waals surface area contributed by atoms with E-state index in [2.05, 4.69) is 0 Å². The minimum absolute atomic E-state index is 0.161. The summed E-state index contributed by atoms with van der Waals surface area (Å²) in [5, 5.41) is 0. The molecule has 0 spiro atoms. The van der Waals surface area contributed by atoms with E-state index in [1.165, 1.54) is 12.8 Å². The Morgan fingerprint density at radius 2 is 2.06 bits per heavy atom. The molecule has 106 valence electrons. The van der Waals surface area contributed by atoms with Gasteiger partial charge in [0.25, 0.3) is 0 Å². The lowest BCUT2D eigenvalue weighted by atomic mass is 10.0. The molecule has 1 unspecified atom stereocenters. The van der Waals surface area contributed by atoms with Crippen molar-refractivity contribution in [2.75, 3.05) is 13.1 Å². The SMILES string of the molecule is CC(C)(C)OC(=O)N1CCCCCC1CCCN. The molecule has 0 bridgehead atoms. The number of nitrogens with zero attached hydrogens (tertiary/aromatic N) is 1. The number of hydrogen-bond acceptors (Lipinski definition) is 3. The van der Waals surface area contributed by atoms with E-state index >= 15 is 0 Å². The third kappa shape index (κ3) is 5.25. The number of ether oxygens (including phenoxy) is 1. The van der Waals surface area contributed by atoms with Crippen LogP contribution in [-0.2, 0) is 4.74 Å². The standard InChI is InChI=1S/C14H28N2O2/c1-14(2,3)18-13(17)16-11-6-4-5-8-12(16)9-7-10-15/h12H,4-11,15H2,1-3H3. The zero-order chi connectivity index (χ0) is 13.6. The summed E-state index contributed by atoms with van der Waals surface area (Å²) >= 11 is 0. The lowest BCUT2D eigenvalue weighted by molar-refractivity contribution is 0.0157. The lowest BCUT2D eigenvalue weighted by Crippen LogP contribution is -2.43. The summed E-state index contributed by atoms with van der Waals surface area (Å²) in [5.41, 5.74) is 5.16. The molecule has 18 heavy (non-hydrogen) atoms. The van der Waals surface area contributed by atoms with E-state index in [4.69, 9.17) is 10.5 Å². The Bertz CT molecular complexity index is 261. The van der Waals surface area contributed by atoms with E-state index in [9.17, 15) is 4.79 Å². The molecule has 0 aromatic rings. The van der Waals surface area contributed by atoms with Crippen molar-refractivity contribution >= 4 is 6.09 Å². The van der Waals surface area contributed by atoms with Crippen LogP contribution >= 0.6 is 0 Å². The first-order valence-electron chi connectivity index (χ1n) is 7.14. The predicted octanol–water partition coefficient (Wildman–Crippen LogP) is 2.91. The number of rotatable bonds is 3. The molecule has 1 fully saturated rings. The quantitative estimate of drug-likeness (QED) is 0.844. The first-order valence-corrected chi connectivity index (χ1v) is 7.14. The highest BCUT2D eigenvalue weighted by atomic mass is 16.6. The van der Waals surface area contributed by atoms with Gasteiger partial charge in [0.1, 0.15) is 5.60 Å². The van der Waals surface area contributed by atoms with Crippen molar-refractivity contribution < 1.29 is 9.53 Å². The van der Waals surface area contributed by atoms with E-state index in [0.29, 0.717) is 12.6 Å². The molecule has 1 amide bonds. The zero-order valence-corrected chi connectivity index (χ0v) is 12.1. The highest BCUT2D eigenvalue weighted by molar-refractivity contribution is 5.68. The Labute approximate surface area is 111 Å². The molecule has 0 aromatic carbocycles. The van der Waals surface area contributed by atoms with Crippen LogP contribution in [0.4, 0.5) is 4.79 Å². The van der Waals surface area contributed by atoms with Crippen molar-refractivity contribution in [3.63, 3.8) is 0 Å². The molecule has 1 heterocycles. The van der Waals surface area contributed by atoms with Crippen LogP contribution < -0.4 is 5.73 Å². The Kier molecular flexibility index (Phi) is 5.93. The fourth-order valence-electron chi connectivity index (χ4n) is 2.39. The number of carbonyl (C=O) groups is 1. The van der Waals surface area contributed by atoms with E-state index in [1.807, 2.05) is 25.7 Å². The molecule has 0 radical (unpaired) electrons. The number of nitrogens with two attached hydrogens (primary N) is 1. The molecule has 1 aliphatic heterocycles. The van der Waals surface area contributed by atoms with Crippen LogP contribution in [0.2, 0.25) is 0 Å². The van der Waals surface area contributed by atoms with Crippen LogP contribution in [0.5, 0.6) is 0 Å². The van der Waals surface area contributed by atoms with Gasteiger partial charge in [-0.3, -0.25) is 0 Å². The molecule has 4 nitrogen and oxygen atoms in total. The molecule has 1 aliphatic rings. The van der Waals surface area contributed by atoms with Gasteiger partial charge in [0.05, 0.1) is 0 Å². The van der Waals surface area contributed by atoms with Crippen molar-refractivity contribution in [1.29, 1.82) is 0 Å². The second-order valence-corrected chi connectivity index (χ2v) is 6.11. The largest absolute Gasteiger partial charge is 0.444 e. The van der Waals surface area contributed by atoms with Crippen LogP contribution in [-0.4, -0.2) is 35.7 Å². The molecule has 2 N–H and O–H groups in total. The van der Waals surface area contributed by atoms with Crippen LogP contribution in [0.1, 0.15) is 59.3 Å². The fourth-order valence-corrected chi connectivity index (χ4v) is 2.39. The van der Waals surface area contributed by atoms with Gasteiger partial charge in [-0.15, -0.1) is 0 Å². The Morgan fingerprint density at radius 3 is 2.67 bits per heavy atom. The molecule has 0 aromatic heterocycles. The summed E-state index contributed by atoms with van der Waals surface area (Å²) < 4.78 is 5.50. The lowest BCUT2D eigenvalue weighted by Gasteiger charge is -2.32. The molecule has 4 heteroatoms. The third-order valence-corrected chi connectivity index (χ3v) is 3.25. The molecular formula is C14H28N2O2. The van der Waals surface area contributed by atoms with Gasteiger partial charge >= 0.3 is 6.09 Å². The van der Waals surface area contributed by atoms with Gasteiger partial charge < -0.3 is 15.4 Å². The van der Waals surface area contributed by atoms with E-state index < -0.39 is 5.60 Å². The molecule has 1 atom stereocenters. The summed E-state index contributed by atoms with van der Waals surface area (Å²) in [6, 6.07) is 0.311. The molecule has 0 saturated carbocycles. The molecule has 0 aliphatic carbocycles. The van der Waals surface area contributed by atoms with Gasteiger partial charge in [-0.1, -0.05) is 12.8 Å².